The number of ether oxygens (including phenoxy) is 2. The number of benzene rings is 1. The Morgan fingerprint density at radius 1 is 1.30 bits per heavy atom. The van der Waals surface area contributed by atoms with E-state index in [0.717, 1.165) is 10.6 Å². The largest absolute Gasteiger partial charge is 0.504 e. The van der Waals surface area contributed by atoms with Gasteiger partial charge in [0.05, 0.1) is 38.0 Å². The minimum Gasteiger partial charge on any atom is -0.504 e. The van der Waals surface area contributed by atoms with Crippen LogP contribution < -0.4 is 4.31 Å². The summed E-state index contributed by atoms with van der Waals surface area (Å²) in [4.78, 5) is 11.8. The summed E-state index contributed by atoms with van der Waals surface area (Å²) >= 11 is 0. The second-order valence-electron chi connectivity index (χ2n) is 4.04. The molecule has 0 N–H and O–H groups in total. The average molecular weight is 299 g/mol. The van der Waals surface area contributed by atoms with Crippen LogP contribution in [0.5, 0.6) is 0 Å². The normalized spacial score (nSPS) is 11.4. The molecular weight excluding hydrogens is 282 g/mol. The fourth-order valence-corrected chi connectivity index (χ4v) is 2.05. The van der Waals surface area contributed by atoms with Gasteiger partial charge in [-0.05, 0) is 23.8 Å². The molecule has 0 saturated heterocycles. The molecule has 1 aromatic carbocycles. The zero-order valence-electron chi connectivity index (χ0n) is 11.8. The van der Waals surface area contributed by atoms with E-state index in [2.05, 4.69) is 4.74 Å². The van der Waals surface area contributed by atoms with Crippen LogP contribution >= 0.6 is 0 Å². The summed E-state index contributed by atoms with van der Waals surface area (Å²) < 4.78 is 33.7. The Balaban J connectivity index is 3.38. The first-order chi connectivity index (χ1) is 9.31. The number of anilines is 1. The highest BCUT2D eigenvalue weighted by molar-refractivity contribution is 7.92. The van der Waals surface area contributed by atoms with Gasteiger partial charge in [0, 0.05) is 7.05 Å². The molecule has 0 atom stereocenters. The smallest absolute Gasteiger partial charge is 0.340 e. The van der Waals surface area contributed by atoms with E-state index in [1.807, 2.05) is 0 Å². The molecule has 0 amide bonds. The van der Waals surface area contributed by atoms with E-state index in [1.54, 1.807) is 24.3 Å². The zero-order chi connectivity index (χ0) is 15.3. The van der Waals surface area contributed by atoms with E-state index in [4.69, 9.17) is 4.74 Å². The van der Waals surface area contributed by atoms with Crippen LogP contribution in [0.4, 0.5) is 5.69 Å². The number of nitrogens with zero attached hydrogens (tertiary/aromatic N) is 1. The molecule has 0 aromatic heterocycles. The van der Waals surface area contributed by atoms with E-state index in [9.17, 15) is 13.2 Å². The quantitative estimate of drug-likeness (QED) is 0.608. The average Bonchev–Trinajstić information content (AvgIpc) is 2.42. The number of hydrogen-bond acceptors (Lipinski definition) is 5. The van der Waals surface area contributed by atoms with Crippen molar-refractivity contribution in [1.29, 1.82) is 0 Å². The van der Waals surface area contributed by atoms with E-state index in [0.29, 0.717) is 5.56 Å². The van der Waals surface area contributed by atoms with Gasteiger partial charge < -0.3 is 9.47 Å². The van der Waals surface area contributed by atoms with Gasteiger partial charge in [-0.15, -0.1) is 0 Å². The van der Waals surface area contributed by atoms with Gasteiger partial charge in [-0.1, -0.05) is 6.07 Å². The van der Waals surface area contributed by atoms with Gasteiger partial charge in [0.15, 0.2) is 0 Å². The second kappa shape index (κ2) is 6.42. The van der Waals surface area contributed by atoms with Crippen LogP contribution in [0.25, 0.3) is 6.08 Å². The van der Waals surface area contributed by atoms with Gasteiger partial charge in [0.25, 0.3) is 0 Å². The number of hydrogen-bond donors (Lipinski definition) is 0. The van der Waals surface area contributed by atoms with Crippen molar-refractivity contribution in [3.63, 3.8) is 0 Å². The second-order valence-corrected chi connectivity index (χ2v) is 6.05. The van der Waals surface area contributed by atoms with Gasteiger partial charge in [0.1, 0.15) is 0 Å². The molecule has 0 unspecified atom stereocenters. The van der Waals surface area contributed by atoms with Crippen molar-refractivity contribution in [3.8, 4) is 0 Å². The predicted molar refractivity (Wildman–Crippen MR) is 77.1 cm³/mol. The van der Waals surface area contributed by atoms with Crippen LogP contribution in [0.15, 0.2) is 24.5 Å². The summed E-state index contributed by atoms with van der Waals surface area (Å²) in [6.07, 6.45) is 4.17. The SMILES string of the molecule is COC=Cc1ccc(N(C)S(C)(=O)=O)c(C(=O)OC)c1. The Labute approximate surface area is 118 Å². The van der Waals surface area contributed by atoms with Crippen LogP contribution in [-0.2, 0) is 19.5 Å². The summed E-state index contributed by atoms with van der Waals surface area (Å²) in [7, 11) is 0.653. The predicted octanol–water partition coefficient (Wildman–Crippen LogP) is 1.49. The fourth-order valence-electron chi connectivity index (χ4n) is 1.53. The third-order valence-electron chi connectivity index (χ3n) is 2.66. The molecule has 0 aliphatic carbocycles. The maximum Gasteiger partial charge on any atom is 0.340 e. The molecule has 0 spiro atoms. The summed E-state index contributed by atoms with van der Waals surface area (Å²) in [6.45, 7) is 0. The molecule has 20 heavy (non-hydrogen) atoms. The van der Waals surface area contributed by atoms with Gasteiger partial charge in [-0.25, -0.2) is 13.2 Å². The lowest BCUT2D eigenvalue weighted by Gasteiger charge is -2.19. The Morgan fingerprint density at radius 3 is 2.45 bits per heavy atom. The van der Waals surface area contributed by atoms with Crippen LogP contribution in [0.2, 0.25) is 0 Å². The van der Waals surface area contributed by atoms with E-state index < -0.39 is 16.0 Å². The zero-order valence-corrected chi connectivity index (χ0v) is 12.6. The Hall–Kier alpha value is -2.02. The lowest BCUT2D eigenvalue weighted by atomic mass is 10.1. The van der Waals surface area contributed by atoms with Crippen molar-refractivity contribution in [3.05, 3.63) is 35.6 Å². The molecule has 0 radical (unpaired) electrons. The molecule has 0 heterocycles. The molecule has 0 aliphatic rings. The van der Waals surface area contributed by atoms with Crippen LogP contribution in [0, 0.1) is 0 Å². The van der Waals surface area contributed by atoms with E-state index >= 15 is 0 Å². The van der Waals surface area contributed by atoms with E-state index in [1.165, 1.54) is 27.5 Å². The lowest BCUT2D eigenvalue weighted by Crippen LogP contribution is -2.26. The maximum atomic E-state index is 11.8. The molecule has 0 saturated carbocycles. The van der Waals surface area contributed by atoms with Gasteiger partial charge in [-0.3, -0.25) is 4.31 Å². The molecule has 0 aliphatic heterocycles. The molecule has 1 aromatic rings. The maximum absolute atomic E-state index is 11.8. The number of rotatable bonds is 5. The minimum absolute atomic E-state index is 0.165. The molecule has 6 nitrogen and oxygen atoms in total. The van der Waals surface area contributed by atoms with Crippen LogP contribution in [-0.4, -0.2) is 41.9 Å². The Morgan fingerprint density at radius 2 is 1.95 bits per heavy atom. The first kappa shape index (κ1) is 16.0. The summed E-state index contributed by atoms with van der Waals surface area (Å²) in [6, 6.07) is 4.76. The fraction of sp³-hybridized carbons (Fsp3) is 0.308. The van der Waals surface area contributed by atoms with Crippen molar-refractivity contribution in [2.24, 2.45) is 0 Å². The lowest BCUT2D eigenvalue weighted by molar-refractivity contribution is 0.0601. The van der Waals surface area contributed by atoms with Crippen molar-refractivity contribution in [1.82, 2.24) is 0 Å². The molecular formula is C13H17NO5S. The molecule has 0 fully saturated rings. The highest BCUT2D eigenvalue weighted by atomic mass is 32.2. The van der Waals surface area contributed by atoms with Crippen LogP contribution in [0.3, 0.4) is 0 Å². The highest BCUT2D eigenvalue weighted by Crippen LogP contribution is 2.24. The Kier molecular flexibility index (Phi) is 5.15. The summed E-state index contributed by atoms with van der Waals surface area (Å²) in [5.74, 6) is -0.608. The molecule has 0 bridgehead atoms. The number of carbonyl (C=O) groups is 1. The third kappa shape index (κ3) is 3.74. The van der Waals surface area contributed by atoms with Crippen molar-refractivity contribution in [2.45, 2.75) is 0 Å². The van der Waals surface area contributed by atoms with Crippen LogP contribution in [0.1, 0.15) is 15.9 Å². The monoisotopic (exact) mass is 299 g/mol. The van der Waals surface area contributed by atoms with Crippen molar-refractivity contribution >= 4 is 27.8 Å². The number of carbonyl (C=O) groups excluding carboxylic acids is 1. The van der Waals surface area contributed by atoms with E-state index in [-0.39, 0.29) is 11.3 Å². The highest BCUT2D eigenvalue weighted by Gasteiger charge is 2.20. The number of esters is 1. The third-order valence-corrected chi connectivity index (χ3v) is 3.85. The number of sulfonamides is 1. The first-order valence-corrected chi connectivity index (χ1v) is 7.51. The van der Waals surface area contributed by atoms with Crippen molar-refractivity contribution in [2.75, 3.05) is 31.8 Å². The molecule has 110 valence electrons. The Bertz CT molecular complexity index is 622. The van der Waals surface area contributed by atoms with Gasteiger partial charge in [-0.2, -0.15) is 0 Å². The standard InChI is InChI=1S/C13H17NO5S/c1-14(20(4,16)17)12-6-5-10(7-8-18-2)9-11(12)13(15)19-3/h5-9H,1-4H3. The topological polar surface area (TPSA) is 72.9 Å². The van der Waals surface area contributed by atoms with Crippen molar-refractivity contribution < 1.29 is 22.7 Å². The van der Waals surface area contributed by atoms with Gasteiger partial charge in [0.2, 0.25) is 10.0 Å². The van der Waals surface area contributed by atoms with Gasteiger partial charge >= 0.3 is 5.97 Å². The summed E-state index contributed by atoms with van der Waals surface area (Å²) in [5.41, 5.74) is 1.12. The minimum atomic E-state index is -3.47. The molecule has 7 heteroatoms. The molecule has 1 rings (SSSR count). The first-order valence-electron chi connectivity index (χ1n) is 5.67. The summed E-state index contributed by atoms with van der Waals surface area (Å²) in [5, 5.41) is 0. The number of methoxy groups -OCH3 is 2.